The van der Waals surface area contributed by atoms with Crippen LogP contribution in [0.15, 0.2) is 29.0 Å². The van der Waals surface area contributed by atoms with E-state index < -0.39 is 58.0 Å². The molecule has 0 heterocycles. The lowest BCUT2D eigenvalue weighted by Crippen LogP contribution is -2.65. The number of fused-ring (bicyclic) bond motifs is 3. The van der Waals surface area contributed by atoms with Gasteiger partial charge in [0.25, 0.3) is 5.91 Å². The number of aliphatic hydroxyl groups is 3. The normalized spacial score (nSPS) is 28.2. The first-order chi connectivity index (χ1) is 16.5. The summed E-state index contributed by atoms with van der Waals surface area (Å²) in [7, 11) is 3.16. The minimum Gasteiger partial charge on any atom is -0.508 e. The monoisotopic (exact) mass is 484 g/mol. The SMILES string of the molecule is CCCCCc1ccc(O)c2c1C[C@@H]1C[C@H]3[C@H](N(C)C)C(=O)C(C(N)=O)=C(O)[C@@]3(O)C(=O)C1=C2O. The Morgan fingerprint density at radius 2 is 1.86 bits per heavy atom. The molecule has 6 N–H and O–H groups in total. The van der Waals surface area contributed by atoms with Crippen LogP contribution in [0.4, 0.5) is 0 Å². The number of carbonyl (C=O) groups excluding carboxylic acids is 3. The number of carbonyl (C=O) groups is 3. The third-order valence-electron chi connectivity index (χ3n) is 7.75. The number of phenols is 1. The molecule has 9 nitrogen and oxygen atoms in total. The van der Waals surface area contributed by atoms with E-state index in [4.69, 9.17) is 5.73 Å². The first-order valence-electron chi connectivity index (χ1n) is 11.9. The zero-order valence-electron chi connectivity index (χ0n) is 20.2. The van der Waals surface area contributed by atoms with Crippen LogP contribution in [0, 0.1) is 11.8 Å². The van der Waals surface area contributed by atoms with Crippen LogP contribution in [0.5, 0.6) is 5.75 Å². The van der Waals surface area contributed by atoms with Crippen LogP contribution in [-0.2, 0) is 27.2 Å². The lowest BCUT2D eigenvalue weighted by atomic mass is 9.57. The maximum atomic E-state index is 13.8. The van der Waals surface area contributed by atoms with Crippen molar-refractivity contribution in [2.45, 2.75) is 57.1 Å². The number of rotatable bonds is 6. The van der Waals surface area contributed by atoms with E-state index in [-0.39, 0.29) is 23.3 Å². The van der Waals surface area contributed by atoms with Crippen molar-refractivity contribution in [1.29, 1.82) is 0 Å². The molecule has 0 aromatic heterocycles. The Labute approximate surface area is 203 Å². The second-order valence-corrected chi connectivity index (χ2v) is 10.0. The standard InChI is InChI=1S/C26H32N2O7/c1-4-5-6-7-12-8-9-16(29)18-14(12)10-13-11-15-20(28(2)3)22(31)19(25(27)34)24(33)26(15,35)23(32)17(13)21(18)30/h8-9,13,15,20,29-30,33,35H,4-7,10-11H2,1-3H3,(H2,27,34)/t13-,15+,20+,26+/m1/s1. The number of nitrogens with two attached hydrogens (primary N) is 1. The molecule has 9 heteroatoms. The molecule has 0 radical (unpaired) electrons. The molecule has 4 rings (SSSR count). The molecule has 3 aliphatic carbocycles. The minimum absolute atomic E-state index is 0.0931. The van der Waals surface area contributed by atoms with E-state index in [1.807, 2.05) is 6.07 Å². The van der Waals surface area contributed by atoms with Gasteiger partial charge in [0, 0.05) is 11.5 Å². The highest BCUT2D eigenvalue weighted by molar-refractivity contribution is 6.24. The number of ketones is 2. The number of amides is 1. The lowest BCUT2D eigenvalue weighted by Gasteiger charge is -2.50. The number of nitrogens with zero attached hydrogens (tertiary/aromatic N) is 1. The van der Waals surface area contributed by atoms with Gasteiger partial charge in [-0.25, -0.2) is 0 Å². The van der Waals surface area contributed by atoms with E-state index in [1.165, 1.54) is 11.0 Å². The number of aromatic hydroxyl groups is 1. The number of unbranched alkanes of at least 4 members (excludes halogenated alkanes) is 2. The predicted octanol–water partition coefficient (Wildman–Crippen LogP) is 1.70. The highest BCUT2D eigenvalue weighted by atomic mass is 16.3. The zero-order chi connectivity index (χ0) is 25.8. The van der Waals surface area contributed by atoms with Crippen molar-refractivity contribution in [1.82, 2.24) is 4.90 Å². The molecule has 4 atom stereocenters. The molecule has 1 fully saturated rings. The summed E-state index contributed by atoms with van der Waals surface area (Å²) >= 11 is 0. The fraction of sp³-hybridized carbons (Fsp3) is 0.500. The summed E-state index contributed by atoms with van der Waals surface area (Å²) in [5.74, 6) is -6.33. The van der Waals surface area contributed by atoms with Gasteiger partial charge in [0.05, 0.1) is 11.6 Å². The third kappa shape index (κ3) is 3.56. The summed E-state index contributed by atoms with van der Waals surface area (Å²) in [6.45, 7) is 2.10. The molecule has 35 heavy (non-hydrogen) atoms. The van der Waals surface area contributed by atoms with E-state index >= 15 is 0 Å². The number of benzene rings is 1. The Balaban J connectivity index is 1.91. The second-order valence-electron chi connectivity index (χ2n) is 10.0. The van der Waals surface area contributed by atoms with E-state index in [9.17, 15) is 34.8 Å². The quantitative estimate of drug-likeness (QED) is 0.301. The van der Waals surface area contributed by atoms with Crippen LogP contribution in [0.2, 0.25) is 0 Å². The van der Waals surface area contributed by atoms with Crippen LogP contribution in [0.25, 0.3) is 5.76 Å². The molecule has 1 aromatic carbocycles. The topological polar surface area (TPSA) is 161 Å². The highest BCUT2D eigenvalue weighted by Crippen LogP contribution is 2.53. The van der Waals surface area contributed by atoms with Gasteiger partial charge < -0.3 is 26.2 Å². The number of aliphatic hydroxyl groups excluding tert-OH is 2. The largest absolute Gasteiger partial charge is 0.508 e. The molecular weight excluding hydrogens is 452 g/mol. The van der Waals surface area contributed by atoms with Crippen molar-refractivity contribution in [3.63, 3.8) is 0 Å². The highest BCUT2D eigenvalue weighted by Gasteiger charge is 2.64. The molecule has 3 aliphatic rings. The molecule has 0 bridgehead atoms. The third-order valence-corrected chi connectivity index (χ3v) is 7.75. The first-order valence-corrected chi connectivity index (χ1v) is 11.9. The predicted molar refractivity (Wildman–Crippen MR) is 127 cm³/mol. The van der Waals surface area contributed by atoms with Crippen molar-refractivity contribution >= 4 is 23.2 Å². The summed E-state index contributed by atoms with van der Waals surface area (Å²) in [6, 6.07) is 2.22. The summed E-state index contributed by atoms with van der Waals surface area (Å²) in [5.41, 5.74) is 3.64. The summed E-state index contributed by atoms with van der Waals surface area (Å²) in [4.78, 5) is 40.4. The van der Waals surface area contributed by atoms with E-state index in [1.54, 1.807) is 14.1 Å². The van der Waals surface area contributed by atoms with Crippen molar-refractivity contribution in [2.24, 2.45) is 17.6 Å². The average molecular weight is 485 g/mol. The molecule has 0 unspecified atom stereocenters. The maximum Gasteiger partial charge on any atom is 0.255 e. The van der Waals surface area contributed by atoms with Gasteiger partial charge in [0.15, 0.2) is 11.4 Å². The van der Waals surface area contributed by atoms with Gasteiger partial charge in [-0.2, -0.15) is 0 Å². The summed E-state index contributed by atoms with van der Waals surface area (Å²) in [5, 5.41) is 44.2. The number of hydrogen-bond acceptors (Lipinski definition) is 8. The fourth-order valence-corrected chi connectivity index (χ4v) is 6.11. The van der Waals surface area contributed by atoms with E-state index in [0.29, 0.717) is 6.42 Å². The van der Waals surface area contributed by atoms with Gasteiger partial charge in [0.2, 0.25) is 5.78 Å². The van der Waals surface area contributed by atoms with E-state index in [0.717, 1.165) is 36.8 Å². The van der Waals surface area contributed by atoms with Gasteiger partial charge in [-0.05, 0) is 62.9 Å². The van der Waals surface area contributed by atoms with Crippen molar-refractivity contribution < 1.29 is 34.8 Å². The number of aryl methyl sites for hydroxylation is 1. The average Bonchev–Trinajstić information content (AvgIpc) is 2.77. The Morgan fingerprint density at radius 3 is 2.46 bits per heavy atom. The fourth-order valence-electron chi connectivity index (χ4n) is 6.11. The van der Waals surface area contributed by atoms with Crippen LogP contribution >= 0.6 is 0 Å². The summed E-state index contributed by atoms with van der Waals surface area (Å²) in [6.07, 6.45) is 4.16. The van der Waals surface area contributed by atoms with E-state index in [2.05, 4.69) is 6.92 Å². The van der Waals surface area contributed by atoms with Crippen molar-refractivity contribution in [3.05, 3.63) is 45.7 Å². The second kappa shape index (κ2) is 8.80. The minimum atomic E-state index is -2.61. The number of hydrogen-bond donors (Lipinski definition) is 5. The first kappa shape index (κ1) is 24.9. The Morgan fingerprint density at radius 1 is 1.17 bits per heavy atom. The molecule has 0 saturated heterocycles. The van der Waals surface area contributed by atoms with Gasteiger partial charge in [0.1, 0.15) is 22.8 Å². The zero-order valence-corrected chi connectivity index (χ0v) is 20.2. The molecule has 1 aromatic rings. The van der Waals surface area contributed by atoms with Gasteiger partial charge in [-0.15, -0.1) is 0 Å². The molecule has 0 aliphatic heterocycles. The summed E-state index contributed by atoms with van der Waals surface area (Å²) < 4.78 is 0. The number of Topliss-reactive ketones (excluding diaryl/α,β-unsaturated/α-hetero) is 2. The van der Waals surface area contributed by atoms with Gasteiger partial charge in [-0.3, -0.25) is 19.3 Å². The van der Waals surface area contributed by atoms with Crippen LogP contribution in [0.3, 0.4) is 0 Å². The molecular formula is C26H32N2O7. The molecule has 1 amide bonds. The van der Waals surface area contributed by atoms with Crippen LogP contribution in [0.1, 0.15) is 49.3 Å². The number of likely N-dealkylation sites (N-methyl/N-ethyl adjacent to an activating group) is 1. The molecule has 1 saturated carbocycles. The Hall–Kier alpha value is -3.17. The molecule has 188 valence electrons. The Kier molecular flexibility index (Phi) is 6.27. The lowest BCUT2D eigenvalue weighted by molar-refractivity contribution is -0.153. The number of phenolic OH excluding ortho intramolecular Hbond substituents is 1. The van der Waals surface area contributed by atoms with Crippen molar-refractivity contribution in [3.8, 4) is 5.75 Å². The van der Waals surface area contributed by atoms with Crippen LogP contribution in [-0.4, -0.2) is 68.5 Å². The van der Waals surface area contributed by atoms with Gasteiger partial charge in [-0.1, -0.05) is 25.8 Å². The van der Waals surface area contributed by atoms with Crippen LogP contribution < -0.4 is 5.73 Å². The Bertz CT molecular complexity index is 1180. The van der Waals surface area contributed by atoms with Crippen molar-refractivity contribution in [2.75, 3.05) is 14.1 Å². The smallest absolute Gasteiger partial charge is 0.255 e. The maximum absolute atomic E-state index is 13.8. The molecule has 0 spiro atoms. The van der Waals surface area contributed by atoms with Gasteiger partial charge >= 0.3 is 0 Å². The number of primary amides is 1.